The van der Waals surface area contributed by atoms with Crippen molar-refractivity contribution in [3.8, 4) is 0 Å². The number of hydrogen-bond donors (Lipinski definition) is 0. The summed E-state index contributed by atoms with van der Waals surface area (Å²) in [6.07, 6.45) is 0. The third-order valence-electron chi connectivity index (χ3n) is 0. The molecule has 38 valence electrons. The van der Waals surface area contributed by atoms with Crippen LogP contribution in [0, 0.1) is 0 Å². The van der Waals surface area contributed by atoms with Crippen LogP contribution in [0.5, 0.6) is 0 Å². The van der Waals surface area contributed by atoms with Gasteiger partial charge in [-0.05, 0) is 11.0 Å². The molecule has 0 heterocycles. The van der Waals surface area contributed by atoms with E-state index in [0.717, 1.165) is 0 Å². The summed E-state index contributed by atoms with van der Waals surface area (Å²) in [6, 6.07) is 0. The largest absolute Gasteiger partial charge is 0.153 e. The summed E-state index contributed by atoms with van der Waals surface area (Å²) >= 11 is 0. The zero-order valence-corrected chi connectivity index (χ0v) is 3.58. The van der Waals surface area contributed by atoms with Crippen LogP contribution in [-0.2, 0) is 17.1 Å². The molecule has 0 radical (unpaired) electrons. The summed E-state index contributed by atoms with van der Waals surface area (Å²) in [6.45, 7) is 0. The smallest absolute Gasteiger partial charge is 0.0814 e. The fourth-order valence-corrected chi connectivity index (χ4v) is 0. The van der Waals surface area contributed by atoms with Crippen LogP contribution < -0.4 is 0 Å². The molecule has 0 aliphatic carbocycles. The van der Waals surface area contributed by atoms with Gasteiger partial charge in [0.1, 0.15) is 0 Å². The summed E-state index contributed by atoms with van der Waals surface area (Å²) in [4.78, 5) is 0. The minimum absolute atomic E-state index is 0. The van der Waals surface area contributed by atoms with E-state index in [1.807, 2.05) is 0 Å². The molecule has 5 heavy (non-hydrogen) atoms. The van der Waals surface area contributed by atoms with E-state index in [-0.39, 0.29) is 53.8 Å². The Hall–Kier alpha value is 1.23. The van der Waals surface area contributed by atoms with Gasteiger partial charge in [0.25, 0.3) is 0 Å². The predicted molar refractivity (Wildman–Crippen MR) is 39.1 cm³/mol. The molecule has 0 bridgehead atoms. The van der Waals surface area contributed by atoms with Crippen molar-refractivity contribution in [3.63, 3.8) is 0 Å². The van der Waals surface area contributed by atoms with Gasteiger partial charge in [-0.15, -0.1) is 0 Å². The molecule has 0 aromatic rings. The molecule has 0 saturated carbocycles. The van der Waals surface area contributed by atoms with Crippen LogP contribution in [0.1, 0.15) is 7.43 Å². The standard InChI is InChI=1S/CH4.BH3.Fe.H3P.H4Si/h1H4;1H3;;1H3;1H4. The fourth-order valence-electron chi connectivity index (χ4n) is 0. The van der Waals surface area contributed by atoms with E-state index < -0.39 is 0 Å². The molecule has 1 atom stereocenters. The van der Waals surface area contributed by atoms with Crippen molar-refractivity contribution in [2.75, 3.05) is 0 Å². The molecule has 0 aliphatic heterocycles. The quantitative estimate of drug-likeness (QED) is 0.279. The van der Waals surface area contributed by atoms with E-state index in [0.29, 0.717) is 0 Å². The molecule has 0 aliphatic rings. The van der Waals surface area contributed by atoms with Crippen molar-refractivity contribution in [2.45, 2.75) is 7.43 Å². The number of rotatable bonds is 0. The van der Waals surface area contributed by atoms with Gasteiger partial charge in [-0.1, -0.05) is 7.43 Å². The van der Waals surface area contributed by atoms with Crippen LogP contribution in [0.4, 0.5) is 0 Å². The van der Waals surface area contributed by atoms with Crippen LogP contribution in [0.15, 0.2) is 0 Å². The maximum atomic E-state index is 0. The van der Waals surface area contributed by atoms with Crippen LogP contribution in [0.25, 0.3) is 0 Å². The van der Waals surface area contributed by atoms with Crippen LogP contribution in [0.2, 0.25) is 0 Å². The molecule has 0 N–H and O–H groups in total. The first-order valence-electron chi connectivity index (χ1n) is 0. The van der Waals surface area contributed by atoms with Gasteiger partial charge in [0.05, 0.1) is 8.41 Å². The van der Waals surface area contributed by atoms with Crippen LogP contribution in [0.3, 0.4) is 0 Å². The maximum Gasteiger partial charge on any atom is 0.0814 e. The molecule has 0 saturated heterocycles. The van der Waals surface area contributed by atoms with Gasteiger partial charge in [0, 0.05) is 17.1 Å². The Morgan fingerprint density at radius 1 is 1.00 bits per heavy atom. The van der Waals surface area contributed by atoms with E-state index in [2.05, 4.69) is 0 Å². The maximum absolute atomic E-state index is 0. The fraction of sp³-hybridized carbons (Fsp3) is 1.00. The van der Waals surface area contributed by atoms with Crippen molar-refractivity contribution in [2.24, 2.45) is 0 Å². The Morgan fingerprint density at radius 2 is 1.00 bits per heavy atom. The zero-order chi connectivity index (χ0) is 0. The van der Waals surface area contributed by atoms with E-state index >= 15 is 0 Å². The number of hydrogen-bond acceptors (Lipinski definition) is 0. The van der Waals surface area contributed by atoms with Crippen molar-refractivity contribution >= 4 is 29.3 Å². The van der Waals surface area contributed by atoms with Gasteiger partial charge in [0.2, 0.25) is 0 Å². The van der Waals surface area contributed by atoms with Gasteiger partial charge in [-0.2, -0.15) is 9.90 Å². The second-order valence-corrected chi connectivity index (χ2v) is 0. The van der Waals surface area contributed by atoms with Gasteiger partial charge in [-0.3, -0.25) is 0 Å². The second kappa shape index (κ2) is 61.8. The van der Waals surface area contributed by atoms with Crippen LogP contribution >= 0.6 is 9.90 Å². The molecule has 0 aromatic carbocycles. The van der Waals surface area contributed by atoms with Crippen molar-refractivity contribution in [3.05, 3.63) is 0 Å². The molecule has 1 unspecified atom stereocenters. The Labute approximate surface area is 54.2 Å². The van der Waals surface area contributed by atoms with E-state index in [9.17, 15) is 0 Å². The molecule has 0 aromatic heterocycles. The van der Waals surface area contributed by atoms with Crippen molar-refractivity contribution < 1.29 is 17.1 Å². The Kier molecular flexibility index (Phi) is 1390. The molecule has 0 rings (SSSR count). The molecule has 0 fully saturated rings. The second-order valence-electron chi connectivity index (χ2n) is 0. The summed E-state index contributed by atoms with van der Waals surface area (Å²) < 4.78 is 0. The zero-order valence-electron chi connectivity index (χ0n) is 1.06. The summed E-state index contributed by atoms with van der Waals surface area (Å²) in [5.41, 5.74) is 0. The van der Waals surface area contributed by atoms with E-state index in [4.69, 9.17) is 0 Å². The van der Waals surface area contributed by atoms with Gasteiger partial charge in [-0.25, -0.2) is 0 Å². The third-order valence-corrected chi connectivity index (χ3v) is 0. The Balaban J connectivity index is 0. The monoisotopic (exact) mass is 152 g/mol. The summed E-state index contributed by atoms with van der Waals surface area (Å²) in [5, 5.41) is 0. The van der Waals surface area contributed by atoms with Gasteiger partial charge < -0.3 is 0 Å². The van der Waals surface area contributed by atoms with Gasteiger partial charge >= 0.3 is 0 Å². The van der Waals surface area contributed by atoms with Crippen LogP contribution in [-0.4, -0.2) is 19.4 Å². The minimum atomic E-state index is 0. The Bertz CT molecular complexity index is 11.6. The molecule has 0 nitrogen and oxygen atoms in total. The normalized spacial score (nSPS) is 0. The van der Waals surface area contributed by atoms with Crippen molar-refractivity contribution in [1.82, 2.24) is 0 Å². The molecule has 0 amide bonds. The van der Waals surface area contributed by atoms with Gasteiger partial charge in [0.15, 0.2) is 0 Å². The topological polar surface area (TPSA) is 0 Å². The molecule has 4 heteroatoms. The molecular weight excluding hydrogens is 138 g/mol. The minimum Gasteiger partial charge on any atom is -0.153 e. The first-order valence-corrected chi connectivity index (χ1v) is 0. The average molecular weight is 152 g/mol. The van der Waals surface area contributed by atoms with Crippen molar-refractivity contribution in [1.29, 1.82) is 0 Å². The first kappa shape index (κ1) is 112. The average Bonchev–Trinajstić information content (AvgIpc) is 0. The van der Waals surface area contributed by atoms with E-state index in [1.165, 1.54) is 0 Å². The molecule has 0 spiro atoms. The predicted octanol–water partition coefficient (Wildman–Crippen LogP) is -1.94. The third kappa shape index (κ3) is 36.0. The van der Waals surface area contributed by atoms with E-state index in [1.54, 1.807) is 0 Å². The Morgan fingerprint density at radius 3 is 1.00 bits per heavy atom. The first-order chi connectivity index (χ1) is 0. The summed E-state index contributed by atoms with van der Waals surface area (Å²) in [7, 11) is 0. The SMILES string of the molecule is B.C.P.[Fe].[SiH4]. The summed E-state index contributed by atoms with van der Waals surface area (Å²) in [5.74, 6) is 0. The molecular formula is CH14BFePSi.